The van der Waals surface area contributed by atoms with E-state index in [1.165, 1.54) is 6.20 Å². The molecule has 0 unspecified atom stereocenters. The van der Waals surface area contributed by atoms with Crippen LogP contribution in [-0.4, -0.2) is 59.9 Å². The van der Waals surface area contributed by atoms with E-state index in [9.17, 15) is 14.4 Å². The Balaban J connectivity index is -0.000000347. The van der Waals surface area contributed by atoms with Crippen LogP contribution in [0.5, 0.6) is 0 Å². The van der Waals surface area contributed by atoms with Gasteiger partial charge in [0.05, 0.1) is 18.4 Å². The molecule has 0 spiro atoms. The minimum atomic E-state index is -2.74. The van der Waals surface area contributed by atoms with Gasteiger partial charge in [-0.25, -0.2) is 4.79 Å². The van der Waals surface area contributed by atoms with Crippen molar-refractivity contribution in [3.8, 4) is 6.07 Å². The maximum atomic E-state index is 10.3. The van der Waals surface area contributed by atoms with Gasteiger partial charge in [-0.2, -0.15) is 5.26 Å². The Morgan fingerprint density at radius 1 is 1.13 bits per heavy atom. The Labute approximate surface area is 129 Å². The number of hydrogen-bond acceptors (Lipinski definition) is 6. The topological polar surface area (TPSA) is 232 Å². The maximum absolute atomic E-state index is 10.3. The van der Waals surface area contributed by atoms with Gasteiger partial charge in [-0.1, -0.05) is 0 Å². The molecule has 11 heteroatoms. The maximum Gasteiger partial charge on any atom is 0.336 e. The van der Waals surface area contributed by atoms with Crippen LogP contribution >= 0.6 is 0 Å². The number of nitriles is 1. The molecule has 23 heavy (non-hydrogen) atoms. The van der Waals surface area contributed by atoms with Crippen LogP contribution in [0.1, 0.15) is 18.4 Å². The summed E-state index contributed by atoms with van der Waals surface area (Å²) in [6.07, 6.45) is 0.879. The molecule has 0 bridgehead atoms. The molecule has 128 valence electrons. The predicted molar refractivity (Wildman–Crippen MR) is 73.3 cm³/mol. The Bertz CT molecular complexity index is 537. The molecule has 0 fully saturated rings. The number of aromatic nitrogens is 1. The van der Waals surface area contributed by atoms with Crippen molar-refractivity contribution < 1.29 is 45.8 Å². The van der Waals surface area contributed by atoms with Crippen LogP contribution in [0.25, 0.3) is 0 Å². The number of hydrogen-bond donors (Lipinski definition) is 4. The van der Waals surface area contributed by atoms with Gasteiger partial charge >= 0.3 is 17.9 Å². The molecule has 0 aliphatic carbocycles. The van der Waals surface area contributed by atoms with Crippen LogP contribution < -0.4 is 0 Å². The van der Waals surface area contributed by atoms with Crippen molar-refractivity contribution in [1.82, 2.24) is 4.98 Å². The standard InChI is InChI=1S/C6H4N2.C6H8O7.2H2O/c7-4-6-2-1-3-8-5-6;7-3(8)1-6(13,5(11)12)2-4(9)10;;/h1-3,5H;13H,1-2H2,(H,7,8)(H,9,10)(H,11,12);2*1H2. The summed E-state index contributed by atoms with van der Waals surface area (Å²) in [7, 11) is 0. The highest BCUT2D eigenvalue weighted by Crippen LogP contribution is 2.15. The Morgan fingerprint density at radius 3 is 1.83 bits per heavy atom. The smallest absolute Gasteiger partial charge is 0.336 e. The molecule has 0 aromatic carbocycles. The van der Waals surface area contributed by atoms with E-state index in [0.717, 1.165) is 0 Å². The quantitative estimate of drug-likeness (QED) is 0.468. The highest BCUT2D eigenvalue weighted by molar-refractivity contribution is 5.88. The van der Waals surface area contributed by atoms with Crippen LogP contribution in [0.3, 0.4) is 0 Å². The van der Waals surface area contributed by atoms with Gasteiger partial charge in [-0.15, -0.1) is 0 Å². The van der Waals surface area contributed by atoms with E-state index in [2.05, 4.69) is 4.98 Å². The molecule has 1 heterocycles. The Kier molecular flexibility index (Phi) is 12.5. The van der Waals surface area contributed by atoms with Crippen molar-refractivity contribution in [2.24, 2.45) is 0 Å². The summed E-state index contributed by atoms with van der Waals surface area (Å²) >= 11 is 0. The van der Waals surface area contributed by atoms with E-state index >= 15 is 0 Å². The summed E-state index contributed by atoms with van der Waals surface area (Å²) in [5.74, 6) is -5.02. The van der Waals surface area contributed by atoms with E-state index in [4.69, 9.17) is 25.7 Å². The first-order valence-electron chi connectivity index (χ1n) is 5.41. The van der Waals surface area contributed by atoms with Gasteiger partial charge in [-0.05, 0) is 12.1 Å². The lowest BCUT2D eigenvalue weighted by Crippen LogP contribution is -2.42. The Morgan fingerprint density at radius 2 is 1.61 bits per heavy atom. The second-order valence-corrected chi connectivity index (χ2v) is 3.83. The predicted octanol–water partition coefficient (Wildman–Crippen LogP) is -1.94. The largest absolute Gasteiger partial charge is 0.481 e. The van der Waals surface area contributed by atoms with Crippen LogP contribution in [-0.2, 0) is 14.4 Å². The van der Waals surface area contributed by atoms with E-state index in [1.54, 1.807) is 18.3 Å². The molecule has 0 saturated carbocycles. The molecule has 0 aliphatic rings. The average molecular weight is 332 g/mol. The number of aliphatic hydroxyl groups is 1. The monoisotopic (exact) mass is 332 g/mol. The number of carbonyl (C=O) groups is 3. The van der Waals surface area contributed by atoms with Crippen molar-refractivity contribution in [2.45, 2.75) is 18.4 Å². The summed E-state index contributed by atoms with van der Waals surface area (Å²) in [6, 6.07) is 5.41. The second-order valence-electron chi connectivity index (χ2n) is 3.83. The third-order valence-electron chi connectivity index (χ3n) is 2.08. The summed E-state index contributed by atoms with van der Waals surface area (Å²) in [5.41, 5.74) is -2.13. The highest BCUT2D eigenvalue weighted by atomic mass is 16.4. The lowest BCUT2D eigenvalue weighted by atomic mass is 9.96. The van der Waals surface area contributed by atoms with Crippen molar-refractivity contribution in [2.75, 3.05) is 0 Å². The van der Waals surface area contributed by atoms with Crippen LogP contribution in [0, 0.1) is 11.3 Å². The number of rotatable bonds is 5. The van der Waals surface area contributed by atoms with Crippen LogP contribution in [0.2, 0.25) is 0 Å². The first-order valence-corrected chi connectivity index (χ1v) is 5.41. The SMILES string of the molecule is N#Cc1cccnc1.O.O.O=C(O)CC(O)(CC(=O)O)C(=O)O. The Hall–Kier alpha value is -3.07. The van der Waals surface area contributed by atoms with Gasteiger partial charge < -0.3 is 31.4 Å². The highest BCUT2D eigenvalue weighted by Gasteiger charge is 2.40. The zero-order chi connectivity index (χ0) is 16.5. The summed E-state index contributed by atoms with van der Waals surface area (Å²) in [5, 5.41) is 42.1. The number of carboxylic acid groups (broad SMARTS) is 3. The van der Waals surface area contributed by atoms with Crippen molar-refractivity contribution >= 4 is 17.9 Å². The fraction of sp³-hybridized carbons (Fsp3) is 0.250. The third kappa shape index (κ3) is 10.3. The summed E-state index contributed by atoms with van der Waals surface area (Å²) in [4.78, 5) is 34.2. The lowest BCUT2D eigenvalue weighted by molar-refractivity contribution is -0.170. The first kappa shape index (κ1) is 24.9. The molecule has 1 aromatic heterocycles. The number of carboxylic acids is 3. The molecular weight excluding hydrogens is 316 g/mol. The first-order chi connectivity index (χ1) is 9.71. The second kappa shape index (κ2) is 11.6. The zero-order valence-corrected chi connectivity index (χ0v) is 11.6. The molecule has 0 radical (unpaired) electrons. The molecule has 0 saturated heterocycles. The fourth-order valence-corrected chi connectivity index (χ4v) is 1.14. The normalized spacial score (nSPS) is 8.87. The molecule has 0 amide bonds. The number of nitrogens with zero attached hydrogens (tertiary/aromatic N) is 2. The third-order valence-corrected chi connectivity index (χ3v) is 2.08. The van der Waals surface area contributed by atoms with Gasteiger partial charge in [0, 0.05) is 12.4 Å². The molecule has 8 N–H and O–H groups in total. The van der Waals surface area contributed by atoms with Gasteiger partial charge in [0.15, 0.2) is 5.60 Å². The zero-order valence-electron chi connectivity index (χ0n) is 11.6. The molecule has 0 atom stereocenters. The van der Waals surface area contributed by atoms with E-state index in [-0.39, 0.29) is 11.0 Å². The molecular formula is C12H16N2O9. The minimum absolute atomic E-state index is 0. The van der Waals surface area contributed by atoms with Gasteiger partial charge in [0.2, 0.25) is 0 Å². The van der Waals surface area contributed by atoms with Gasteiger partial charge in [0.1, 0.15) is 6.07 Å². The summed E-state index contributed by atoms with van der Waals surface area (Å²) < 4.78 is 0. The van der Waals surface area contributed by atoms with E-state index in [1.807, 2.05) is 6.07 Å². The number of pyridine rings is 1. The van der Waals surface area contributed by atoms with Gasteiger partial charge in [-0.3, -0.25) is 14.6 Å². The van der Waals surface area contributed by atoms with E-state index < -0.39 is 36.4 Å². The summed E-state index contributed by atoms with van der Waals surface area (Å²) in [6.45, 7) is 0. The molecule has 1 rings (SSSR count). The van der Waals surface area contributed by atoms with Crippen LogP contribution in [0.4, 0.5) is 0 Å². The fourth-order valence-electron chi connectivity index (χ4n) is 1.14. The van der Waals surface area contributed by atoms with Crippen molar-refractivity contribution in [1.29, 1.82) is 5.26 Å². The van der Waals surface area contributed by atoms with Crippen molar-refractivity contribution in [3.05, 3.63) is 30.1 Å². The molecule has 11 nitrogen and oxygen atoms in total. The van der Waals surface area contributed by atoms with Gasteiger partial charge in [0.25, 0.3) is 0 Å². The lowest BCUT2D eigenvalue weighted by Gasteiger charge is -2.18. The number of aliphatic carboxylic acids is 3. The van der Waals surface area contributed by atoms with Crippen LogP contribution in [0.15, 0.2) is 24.5 Å². The average Bonchev–Trinajstić information content (AvgIpc) is 2.38. The van der Waals surface area contributed by atoms with E-state index in [0.29, 0.717) is 5.56 Å². The van der Waals surface area contributed by atoms with Crippen molar-refractivity contribution in [3.63, 3.8) is 0 Å². The molecule has 1 aromatic rings. The minimum Gasteiger partial charge on any atom is -0.481 e. The molecule has 0 aliphatic heterocycles.